The van der Waals surface area contributed by atoms with Gasteiger partial charge in [0.25, 0.3) is 5.91 Å². The van der Waals surface area contributed by atoms with Gasteiger partial charge in [-0.15, -0.1) is 11.8 Å². The second kappa shape index (κ2) is 12.9. The van der Waals surface area contributed by atoms with E-state index in [1.807, 2.05) is 0 Å². The van der Waals surface area contributed by atoms with Gasteiger partial charge in [-0.2, -0.15) is 0 Å². The number of aliphatic carboxylic acids is 1. The van der Waals surface area contributed by atoms with Crippen molar-refractivity contribution in [3.05, 3.63) is 95.6 Å². The first-order chi connectivity index (χ1) is 19.2. The monoisotopic (exact) mass is 572 g/mol. The Hall–Kier alpha value is -4.00. The number of hydrogen-bond acceptors (Lipinski definition) is 7. The Morgan fingerprint density at radius 3 is 2.15 bits per heavy atom. The molecule has 4 rings (SSSR count). The fraction of sp³-hybridized carbons (Fsp3) is 0.250. The van der Waals surface area contributed by atoms with Gasteiger partial charge >= 0.3 is 5.97 Å². The third-order valence-corrected chi connectivity index (χ3v) is 7.57. The summed E-state index contributed by atoms with van der Waals surface area (Å²) in [6.07, 6.45) is -0.924. The number of ether oxygens (including phenoxy) is 1. The molecule has 0 radical (unpaired) electrons. The molecule has 3 aromatic rings. The third-order valence-electron chi connectivity index (χ3n) is 6.25. The molecule has 2 amide bonds. The van der Waals surface area contributed by atoms with Gasteiger partial charge in [-0.3, -0.25) is 9.59 Å². The molecule has 4 N–H and O–H groups in total. The highest BCUT2D eigenvalue weighted by Gasteiger charge is 2.49. The topological polar surface area (TPSA) is 136 Å². The number of β-lactam (4-membered cyclic amide) rings is 1. The van der Waals surface area contributed by atoms with E-state index < -0.39 is 60.2 Å². The van der Waals surface area contributed by atoms with Gasteiger partial charge in [-0.05, 0) is 59.7 Å². The van der Waals surface area contributed by atoms with E-state index in [0.717, 1.165) is 5.56 Å². The highest BCUT2D eigenvalue weighted by atomic mass is 32.2. The Balaban J connectivity index is 1.46. The number of amides is 2. The lowest BCUT2D eigenvalue weighted by Crippen LogP contribution is -2.57. The molecule has 0 saturated carbocycles. The fourth-order valence-electron chi connectivity index (χ4n) is 4.15. The lowest BCUT2D eigenvalue weighted by molar-refractivity contribution is -0.143. The van der Waals surface area contributed by atoms with E-state index in [2.05, 4.69) is 5.32 Å². The van der Waals surface area contributed by atoms with Gasteiger partial charge in [-0.1, -0.05) is 24.3 Å². The van der Waals surface area contributed by atoms with Gasteiger partial charge in [0.2, 0.25) is 5.91 Å². The van der Waals surface area contributed by atoms with Crippen molar-refractivity contribution in [2.24, 2.45) is 0 Å². The molecule has 40 heavy (non-hydrogen) atoms. The third kappa shape index (κ3) is 6.76. The van der Waals surface area contributed by atoms with Gasteiger partial charge in [0.15, 0.2) is 6.61 Å². The van der Waals surface area contributed by atoms with Crippen molar-refractivity contribution in [2.45, 2.75) is 23.4 Å². The number of rotatable bonds is 12. The number of aliphatic hydroxyl groups excluding tert-OH is 2. The highest BCUT2D eigenvalue weighted by molar-refractivity contribution is 8.00. The molecule has 0 spiro atoms. The minimum absolute atomic E-state index is 0.178. The number of benzene rings is 3. The van der Waals surface area contributed by atoms with E-state index in [4.69, 9.17) is 14.9 Å². The largest absolute Gasteiger partial charge is 0.484 e. The molecule has 1 aliphatic rings. The smallest absolute Gasteiger partial charge is 0.328 e. The van der Waals surface area contributed by atoms with Gasteiger partial charge in [0, 0.05) is 11.4 Å². The van der Waals surface area contributed by atoms with Crippen LogP contribution in [0.4, 0.5) is 14.5 Å². The number of halogens is 2. The number of carboxylic acid groups (broad SMARTS) is 1. The van der Waals surface area contributed by atoms with Crippen LogP contribution in [0.25, 0.3) is 0 Å². The maximum absolute atomic E-state index is 13.5. The zero-order valence-electron chi connectivity index (χ0n) is 20.9. The lowest BCUT2D eigenvalue weighted by atomic mass is 9.92. The van der Waals surface area contributed by atoms with Crippen molar-refractivity contribution < 1.29 is 43.2 Å². The minimum atomic E-state index is -1.44. The molecular formula is C28H26F2N2O7S. The van der Waals surface area contributed by atoms with Crippen LogP contribution in [-0.4, -0.2) is 63.4 Å². The number of nitrogens with zero attached hydrogens (tertiary/aromatic N) is 1. The molecule has 1 fully saturated rings. The zero-order chi connectivity index (χ0) is 28.8. The van der Waals surface area contributed by atoms with E-state index in [0.29, 0.717) is 17.0 Å². The summed E-state index contributed by atoms with van der Waals surface area (Å²) in [5.74, 6) is -2.70. The van der Waals surface area contributed by atoms with Crippen molar-refractivity contribution in [3.8, 4) is 5.75 Å². The average molecular weight is 573 g/mol. The summed E-state index contributed by atoms with van der Waals surface area (Å²) in [4.78, 5) is 37.6. The van der Waals surface area contributed by atoms with Crippen molar-refractivity contribution in [1.82, 2.24) is 5.32 Å². The normalized spacial score (nSPS) is 18.0. The van der Waals surface area contributed by atoms with Crippen LogP contribution in [0.2, 0.25) is 0 Å². The number of hydrogen-bond donors (Lipinski definition) is 4. The molecule has 1 heterocycles. The molecule has 4 atom stereocenters. The number of carboxylic acids is 1. The van der Waals surface area contributed by atoms with Crippen molar-refractivity contribution in [3.63, 3.8) is 0 Å². The molecule has 1 saturated heterocycles. The summed E-state index contributed by atoms with van der Waals surface area (Å²) in [6, 6.07) is 15.7. The number of anilines is 1. The Morgan fingerprint density at radius 2 is 1.57 bits per heavy atom. The van der Waals surface area contributed by atoms with Gasteiger partial charge in [0.05, 0.1) is 18.8 Å². The molecule has 1 unspecified atom stereocenters. The summed E-state index contributed by atoms with van der Waals surface area (Å²) >= 11 is 1.25. The van der Waals surface area contributed by atoms with Crippen LogP contribution < -0.4 is 15.0 Å². The molecule has 0 aromatic heterocycles. The van der Waals surface area contributed by atoms with Crippen molar-refractivity contribution >= 4 is 35.2 Å². The van der Waals surface area contributed by atoms with Gasteiger partial charge in [-0.25, -0.2) is 13.6 Å². The number of thioether (sulfide) groups is 1. The maximum Gasteiger partial charge on any atom is 0.328 e. The summed E-state index contributed by atoms with van der Waals surface area (Å²) in [6.45, 7) is -1.24. The molecule has 0 bridgehead atoms. The molecule has 9 nitrogen and oxygen atoms in total. The first-order valence-corrected chi connectivity index (χ1v) is 13.2. The van der Waals surface area contributed by atoms with Crippen molar-refractivity contribution in [2.75, 3.05) is 23.9 Å². The first-order valence-electron chi connectivity index (χ1n) is 12.2. The summed E-state index contributed by atoms with van der Waals surface area (Å²) in [7, 11) is 0. The molecule has 3 aromatic carbocycles. The Morgan fingerprint density at radius 1 is 0.975 bits per heavy atom. The lowest BCUT2D eigenvalue weighted by Gasteiger charge is -2.47. The number of aliphatic hydroxyl groups is 2. The number of carbonyl (C=O) groups is 3. The van der Waals surface area contributed by atoms with E-state index in [1.54, 1.807) is 24.3 Å². The van der Waals surface area contributed by atoms with Crippen LogP contribution in [0.5, 0.6) is 5.75 Å². The van der Waals surface area contributed by atoms with Gasteiger partial charge < -0.3 is 30.3 Å². The van der Waals surface area contributed by atoms with Crippen LogP contribution in [0.3, 0.4) is 0 Å². The first kappa shape index (κ1) is 29.0. The average Bonchev–Trinajstić information content (AvgIpc) is 2.95. The van der Waals surface area contributed by atoms with Crippen LogP contribution in [0, 0.1) is 11.6 Å². The van der Waals surface area contributed by atoms with Gasteiger partial charge in [0.1, 0.15) is 28.7 Å². The van der Waals surface area contributed by atoms with E-state index in [1.165, 1.54) is 65.2 Å². The standard InChI is InChI=1S/C28H26F2N2O7S/c29-18-5-1-16(2-6-18)23(34)15-40-26-25(32(27(26)36)20-9-7-19(30)8-10-20)17-3-11-21(12-4-17)39-14-24(35)31-22(13-33)28(37)38/h1-12,22-23,25-26,33-34H,13-15H2,(H,31,35)(H,37,38)/t22-,23?,25-,26+/m1/s1. The Kier molecular flexibility index (Phi) is 9.35. The van der Waals surface area contributed by atoms with E-state index in [9.17, 15) is 28.3 Å². The number of nitrogens with one attached hydrogen (secondary N) is 1. The summed E-state index contributed by atoms with van der Waals surface area (Å²) < 4.78 is 32.2. The fourth-order valence-corrected chi connectivity index (χ4v) is 5.45. The minimum Gasteiger partial charge on any atom is -0.484 e. The Labute approximate surface area is 232 Å². The van der Waals surface area contributed by atoms with Crippen LogP contribution in [-0.2, 0) is 14.4 Å². The Bertz CT molecular complexity index is 1340. The van der Waals surface area contributed by atoms with E-state index in [-0.39, 0.29) is 11.7 Å². The number of carbonyl (C=O) groups excluding carboxylic acids is 2. The summed E-state index contributed by atoms with van der Waals surface area (Å²) in [5.41, 5.74) is 1.74. The van der Waals surface area contributed by atoms with Crippen molar-refractivity contribution in [1.29, 1.82) is 0 Å². The second-order valence-electron chi connectivity index (χ2n) is 8.95. The maximum atomic E-state index is 13.5. The SMILES string of the molecule is O=C(COc1ccc([C@@H]2[C@H](SCC(O)c3ccc(F)cc3)C(=O)N2c2ccc(F)cc2)cc1)N[C@H](CO)C(=O)O. The zero-order valence-corrected chi connectivity index (χ0v) is 21.8. The highest BCUT2D eigenvalue weighted by Crippen LogP contribution is 2.46. The molecule has 210 valence electrons. The summed E-state index contributed by atoms with van der Waals surface area (Å²) in [5, 5.41) is 30.1. The predicted octanol–water partition coefficient (Wildman–Crippen LogP) is 2.83. The molecule has 0 aliphatic carbocycles. The quantitative estimate of drug-likeness (QED) is 0.243. The predicted molar refractivity (Wildman–Crippen MR) is 143 cm³/mol. The molecular weight excluding hydrogens is 546 g/mol. The van der Waals surface area contributed by atoms with E-state index >= 15 is 0 Å². The van der Waals surface area contributed by atoms with Crippen LogP contribution >= 0.6 is 11.8 Å². The second-order valence-corrected chi connectivity index (χ2v) is 10.1. The van der Waals surface area contributed by atoms with Crippen LogP contribution in [0.15, 0.2) is 72.8 Å². The van der Waals surface area contributed by atoms with Crippen LogP contribution in [0.1, 0.15) is 23.3 Å². The molecule has 1 aliphatic heterocycles. The molecule has 12 heteroatoms.